The Balaban J connectivity index is 2.65. The molecule has 1 atom stereocenters. The highest BCUT2D eigenvalue weighted by Gasteiger charge is 2.26. The molecule has 0 aromatic carbocycles. The van der Waals surface area contributed by atoms with Gasteiger partial charge in [-0.3, -0.25) is 4.79 Å². The first kappa shape index (κ1) is 10.3. The number of nitrogens with zero attached hydrogens (tertiary/aromatic N) is 1. The van der Waals surface area contributed by atoms with Crippen LogP contribution in [-0.4, -0.2) is 37.6 Å². The Hall–Kier alpha value is -0.830. The molecule has 3 heteroatoms. The average Bonchev–Trinajstić information content (AvgIpc) is 1.94. The lowest BCUT2D eigenvalue weighted by atomic mass is 10.0. The third-order valence-corrected chi connectivity index (χ3v) is 2.55. The van der Waals surface area contributed by atoms with Crippen LogP contribution in [0, 0.1) is 0 Å². The van der Waals surface area contributed by atoms with Gasteiger partial charge in [-0.15, -0.1) is 0 Å². The zero-order valence-corrected chi connectivity index (χ0v) is 8.71. The van der Waals surface area contributed by atoms with Gasteiger partial charge >= 0.3 is 0 Å². The van der Waals surface area contributed by atoms with Crippen LogP contribution < -0.4 is 5.32 Å². The van der Waals surface area contributed by atoms with Crippen molar-refractivity contribution in [3.05, 3.63) is 12.3 Å². The summed E-state index contributed by atoms with van der Waals surface area (Å²) >= 11 is 0. The number of nitrogens with one attached hydrogen (secondary N) is 1. The maximum absolute atomic E-state index is 11.3. The van der Waals surface area contributed by atoms with E-state index in [1.54, 1.807) is 6.20 Å². The highest BCUT2D eigenvalue weighted by atomic mass is 16.1. The van der Waals surface area contributed by atoms with Gasteiger partial charge in [0.25, 0.3) is 0 Å². The average molecular weight is 183 g/mol. The van der Waals surface area contributed by atoms with Crippen molar-refractivity contribution in [1.82, 2.24) is 5.32 Å². The Morgan fingerprint density at radius 1 is 1.46 bits per heavy atom. The van der Waals surface area contributed by atoms with Crippen LogP contribution in [0.5, 0.6) is 0 Å². The van der Waals surface area contributed by atoms with Gasteiger partial charge in [0.05, 0.1) is 33.6 Å². The summed E-state index contributed by atoms with van der Waals surface area (Å²) in [5, 5.41) is 2.76. The van der Waals surface area contributed by atoms with E-state index in [1.807, 2.05) is 6.08 Å². The zero-order chi connectivity index (χ0) is 9.90. The van der Waals surface area contributed by atoms with Gasteiger partial charge in [0.2, 0.25) is 5.91 Å². The van der Waals surface area contributed by atoms with Crippen molar-refractivity contribution in [3.8, 4) is 0 Å². The number of rotatable bonds is 1. The van der Waals surface area contributed by atoms with E-state index in [0.29, 0.717) is 12.5 Å². The molecule has 3 nitrogen and oxygen atoms in total. The summed E-state index contributed by atoms with van der Waals surface area (Å²) < 4.78 is 0.862. The molecule has 0 saturated carbocycles. The van der Waals surface area contributed by atoms with Crippen molar-refractivity contribution in [2.45, 2.75) is 25.3 Å². The molecular weight excluding hydrogens is 164 g/mol. The smallest absolute Gasteiger partial charge is 0.229 e. The van der Waals surface area contributed by atoms with E-state index in [4.69, 9.17) is 0 Å². The van der Waals surface area contributed by atoms with E-state index < -0.39 is 0 Å². The Morgan fingerprint density at radius 2 is 2.15 bits per heavy atom. The van der Waals surface area contributed by atoms with E-state index in [-0.39, 0.29) is 5.91 Å². The molecule has 0 spiro atoms. The molecule has 0 bridgehead atoms. The third-order valence-electron chi connectivity index (χ3n) is 2.55. The first-order valence-corrected chi connectivity index (χ1v) is 4.75. The molecule has 1 amide bonds. The fraction of sp³-hybridized carbons (Fsp3) is 0.700. The number of amides is 1. The van der Waals surface area contributed by atoms with E-state index in [1.165, 1.54) is 0 Å². The van der Waals surface area contributed by atoms with E-state index in [9.17, 15) is 4.79 Å². The highest BCUT2D eigenvalue weighted by molar-refractivity contribution is 5.77. The minimum atomic E-state index is 0.133. The lowest BCUT2D eigenvalue weighted by Gasteiger charge is -2.34. The lowest BCUT2D eigenvalue weighted by Crippen LogP contribution is -2.47. The number of hydrogen-bond acceptors (Lipinski definition) is 1. The third kappa shape index (κ3) is 3.19. The Morgan fingerprint density at radius 3 is 2.77 bits per heavy atom. The number of quaternary nitrogens is 1. The normalized spacial score (nSPS) is 24.8. The summed E-state index contributed by atoms with van der Waals surface area (Å²) in [4.78, 5) is 11.3. The van der Waals surface area contributed by atoms with Crippen LogP contribution in [0.15, 0.2) is 12.3 Å². The Labute approximate surface area is 80.0 Å². The van der Waals surface area contributed by atoms with Crippen LogP contribution in [-0.2, 0) is 4.79 Å². The van der Waals surface area contributed by atoms with Crippen molar-refractivity contribution >= 4 is 5.91 Å². The molecule has 0 saturated heterocycles. The highest BCUT2D eigenvalue weighted by Crippen LogP contribution is 2.15. The van der Waals surface area contributed by atoms with E-state index in [2.05, 4.69) is 26.5 Å². The van der Waals surface area contributed by atoms with Crippen LogP contribution in [0.2, 0.25) is 0 Å². The van der Waals surface area contributed by atoms with E-state index >= 15 is 0 Å². The van der Waals surface area contributed by atoms with Crippen molar-refractivity contribution in [3.63, 3.8) is 0 Å². The molecule has 1 aliphatic rings. The molecule has 0 unspecified atom stereocenters. The second kappa shape index (κ2) is 3.92. The van der Waals surface area contributed by atoms with Crippen LogP contribution in [0.3, 0.4) is 0 Å². The van der Waals surface area contributed by atoms with Crippen molar-refractivity contribution in [2.75, 3.05) is 21.1 Å². The van der Waals surface area contributed by atoms with Gasteiger partial charge in [0.1, 0.15) is 0 Å². The minimum Gasteiger partial charge on any atom is -0.333 e. The molecule has 1 N–H and O–H groups in total. The van der Waals surface area contributed by atoms with Gasteiger partial charge < -0.3 is 9.80 Å². The predicted molar refractivity (Wildman–Crippen MR) is 53.0 cm³/mol. The summed E-state index contributed by atoms with van der Waals surface area (Å²) in [6.07, 6.45) is 6.57. The van der Waals surface area contributed by atoms with E-state index in [0.717, 1.165) is 17.3 Å². The molecular formula is C10H19N2O+. The predicted octanol–water partition coefficient (Wildman–Crippen LogP) is 0.875. The SMILES string of the molecule is C[N+](C)(C)[C@@H]1CCC=CNC(=O)C1. The molecule has 13 heavy (non-hydrogen) atoms. The van der Waals surface area contributed by atoms with Crippen molar-refractivity contribution < 1.29 is 9.28 Å². The Bertz CT molecular complexity index is 215. The lowest BCUT2D eigenvalue weighted by molar-refractivity contribution is -0.895. The fourth-order valence-corrected chi connectivity index (χ4v) is 1.56. The van der Waals surface area contributed by atoms with Crippen LogP contribution >= 0.6 is 0 Å². The number of allylic oxidation sites excluding steroid dienone is 1. The van der Waals surface area contributed by atoms with Gasteiger partial charge in [0.15, 0.2) is 0 Å². The number of carbonyl (C=O) groups excluding carboxylic acids is 1. The second-order valence-electron chi connectivity index (χ2n) is 4.52. The maximum Gasteiger partial charge on any atom is 0.229 e. The molecule has 0 aliphatic carbocycles. The summed E-state index contributed by atoms with van der Waals surface area (Å²) in [6.45, 7) is 0. The molecule has 0 radical (unpaired) electrons. The quantitative estimate of drug-likeness (QED) is 0.601. The van der Waals surface area contributed by atoms with Crippen molar-refractivity contribution in [1.29, 1.82) is 0 Å². The van der Waals surface area contributed by atoms with Gasteiger partial charge in [-0.05, 0) is 12.6 Å². The first-order valence-electron chi connectivity index (χ1n) is 4.75. The molecule has 1 aliphatic heterocycles. The largest absolute Gasteiger partial charge is 0.333 e. The molecule has 0 aromatic rings. The maximum atomic E-state index is 11.3. The fourth-order valence-electron chi connectivity index (χ4n) is 1.56. The molecule has 0 fully saturated rings. The van der Waals surface area contributed by atoms with Gasteiger partial charge in [0, 0.05) is 6.42 Å². The van der Waals surface area contributed by atoms with Crippen LogP contribution in [0.4, 0.5) is 0 Å². The summed E-state index contributed by atoms with van der Waals surface area (Å²) in [6, 6.07) is 0.435. The first-order chi connectivity index (χ1) is 6.00. The Kier molecular flexibility index (Phi) is 3.09. The van der Waals surface area contributed by atoms with Gasteiger partial charge in [-0.1, -0.05) is 6.08 Å². The monoisotopic (exact) mass is 183 g/mol. The summed E-state index contributed by atoms with van der Waals surface area (Å²) in [7, 11) is 6.43. The minimum absolute atomic E-state index is 0.133. The van der Waals surface area contributed by atoms with Crippen LogP contribution in [0.1, 0.15) is 19.3 Å². The summed E-state index contributed by atoms with van der Waals surface area (Å²) in [5.74, 6) is 0.133. The standard InChI is InChI=1S/C10H18N2O/c1-12(2,3)9-6-4-5-7-11-10(13)8-9/h5,7,9H,4,6,8H2,1-3H3/p+1/t9-/m1/s1. The molecule has 0 aromatic heterocycles. The second-order valence-corrected chi connectivity index (χ2v) is 4.52. The topological polar surface area (TPSA) is 29.1 Å². The van der Waals surface area contributed by atoms with Gasteiger partial charge in [-0.25, -0.2) is 0 Å². The summed E-state index contributed by atoms with van der Waals surface area (Å²) in [5.41, 5.74) is 0. The molecule has 1 heterocycles. The zero-order valence-electron chi connectivity index (χ0n) is 8.71. The number of carbonyl (C=O) groups is 1. The van der Waals surface area contributed by atoms with Gasteiger partial charge in [-0.2, -0.15) is 0 Å². The van der Waals surface area contributed by atoms with Crippen LogP contribution in [0.25, 0.3) is 0 Å². The molecule has 74 valence electrons. The van der Waals surface area contributed by atoms with Crippen molar-refractivity contribution in [2.24, 2.45) is 0 Å². The number of hydrogen-bond donors (Lipinski definition) is 1. The molecule has 1 rings (SSSR count).